The molecule has 0 heterocycles. The number of nitrogens with one attached hydrogen (secondary N) is 2. The van der Waals surface area contributed by atoms with Gasteiger partial charge in [0.25, 0.3) is 0 Å². The van der Waals surface area contributed by atoms with Crippen LogP contribution in [-0.2, 0) is 5.75 Å². The van der Waals surface area contributed by atoms with Crippen molar-refractivity contribution in [3.05, 3.63) is 63.6 Å². The van der Waals surface area contributed by atoms with E-state index in [4.69, 9.17) is 23.8 Å². The third-order valence-corrected chi connectivity index (χ3v) is 5.18. The third kappa shape index (κ3) is 7.57. The molecule has 0 aliphatic rings. The maximum Gasteiger partial charge on any atom is 0.170 e. The highest BCUT2D eigenvalue weighted by Crippen LogP contribution is 2.16. The van der Waals surface area contributed by atoms with Crippen LogP contribution < -0.4 is 10.6 Å². The second-order valence-corrected chi connectivity index (χ2v) is 7.79. The lowest BCUT2D eigenvalue weighted by Gasteiger charge is -2.10. The number of rotatable bonds is 7. The van der Waals surface area contributed by atoms with Gasteiger partial charge in [0, 0.05) is 27.5 Å². The van der Waals surface area contributed by atoms with Gasteiger partial charge < -0.3 is 10.6 Å². The van der Waals surface area contributed by atoms with Gasteiger partial charge in [-0.3, -0.25) is 0 Å². The Morgan fingerprint density at radius 2 is 1.78 bits per heavy atom. The molecule has 0 aliphatic heterocycles. The first-order chi connectivity index (χ1) is 11.1. The molecule has 6 heteroatoms. The molecule has 23 heavy (non-hydrogen) atoms. The van der Waals surface area contributed by atoms with E-state index in [1.54, 1.807) is 0 Å². The summed E-state index contributed by atoms with van der Waals surface area (Å²) in [5, 5.41) is 7.85. The molecule has 0 saturated heterocycles. The predicted octanol–water partition coefficient (Wildman–Crippen LogP) is 5.71. The molecule has 0 radical (unpaired) electrons. The van der Waals surface area contributed by atoms with E-state index in [1.165, 1.54) is 5.56 Å². The van der Waals surface area contributed by atoms with Gasteiger partial charge in [-0.2, -0.15) is 11.8 Å². The zero-order valence-electron chi connectivity index (χ0n) is 12.5. The Labute approximate surface area is 160 Å². The van der Waals surface area contributed by atoms with Crippen LogP contribution >= 0.6 is 51.5 Å². The summed E-state index contributed by atoms with van der Waals surface area (Å²) in [6.07, 6.45) is 1.07. The number of halogens is 2. The van der Waals surface area contributed by atoms with Gasteiger partial charge >= 0.3 is 0 Å². The predicted molar refractivity (Wildman–Crippen MR) is 111 cm³/mol. The van der Waals surface area contributed by atoms with Crippen LogP contribution in [0.5, 0.6) is 0 Å². The van der Waals surface area contributed by atoms with Crippen LogP contribution in [0.1, 0.15) is 12.0 Å². The van der Waals surface area contributed by atoms with E-state index >= 15 is 0 Å². The number of anilines is 1. The maximum absolute atomic E-state index is 5.87. The largest absolute Gasteiger partial charge is 0.362 e. The molecule has 0 aromatic heterocycles. The van der Waals surface area contributed by atoms with E-state index in [-0.39, 0.29) is 0 Å². The standard InChI is InChI=1S/C17H18BrClN2S2/c18-14-4-8-16(9-5-14)21-17(22)20-10-1-11-23-12-13-2-6-15(19)7-3-13/h2-9H,1,10-12H2,(H2,20,21,22). The fraction of sp³-hybridized carbons (Fsp3) is 0.235. The smallest absolute Gasteiger partial charge is 0.170 e. The number of hydrogen-bond donors (Lipinski definition) is 2. The molecule has 0 spiro atoms. The van der Waals surface area contributed by atoms with Crippen LogP contribution in [0, 0.1) is 0 Å². The minimum atomic E-state index is 0.662. The van der Waals surface area contributed by atoms with Crippen molar-refractivity contribution in [3.8, 4) is 0 Å². The monoisotopic (exact) mass is 428 g/mol. The minimum absolute atomic E-state index is 0.662. The van der Waals surface area contributed by atoms with Crippen LogP contribution in [0.2, 0.25) is 5.02 Å². The Morgan fingerprint density at radius 3 is 2.48 bits per heavy atom. The zero-order chi connectivity index (χ0) is 16.5. The molecule has 0 saturated carbocycles. The van der Waals surface area contributed by atoms with Crippen molar-refractivity contribution in [2.75, 3.05) is 17.6 Å². The van der Waals surface area contributed by atoms with Crippen LogP contribution in [0.25, 0.3) is 0 Å². The van der Waals surface area contributed by atoms with Crippen molar-refractivity contribution in [3.63, 3.8) is 0 Å². The molecular formula is C17H18BrClN2S2. The van der Waals surface area contributed by atoms with E-state index in [1.807, 2.05) is 48.2 Å². The van der Waals surface area contributed by atoms with E-state index in [0.29, 0.717) is 5.11 Å². The first-order valence-corrected chi connectivity index (χ1v) is 9.99. The lowest BCUT2D eigenvalue weighted by Crippen LogP contribution is -2.29. The van der Waals surface area contributed by atoms with Crippen molar-refractivity contribution >= 4 is 62.3 Å². The highest BCUT2D eigenvalue weighted by Gasteiger charge is 1.98. The fourth-order valence-electron chi connectivity index (χ4n) is 1.86. The fourth-order valence-corrected chi connectivity index (χ4v) is 3.39. The summed E-state index contributed by atoms with van der Waals surface area (Å²) in [5.41, 5.74) is 2.29. The highest BCUT2D eigenvalue weighted by atomic mass is 79.9. The molecule has 0 unspecified atom stereocenters. The molecule has 122 valence electrons. The first kappa shape index (κ1) is 18.6. The Hall–Kier alpha value is -0.750. The van der Waals surface area contributed by atoms with Crippen LogP contribution in [0.4, 0.5) is 5.69 Å². The summed E-state index contributed by atoms with van der Waals surface area (Å²) < 4.78 is 1.06. The lowest BCUT2D eigenvalue weighted by atomic mass is 10.2. The van der Waals surface area contributed by atoms with Gasteiger partial charge in [0.2, 0.25) is 0 Å². The molecule has 2 nitrogen and oxygen atoms in total. The van der Waals surface area contributed by atoms with E-state index in [2.05, 4.69) is 38.7 Å². The van der Waals surface area contributed by atoms with Crippen LogP contribution in [0.15, 0.2) is 53.0 Å². The van der Waals surface area contributed by atoms with Gasteiger partial charge in [-0.05, 0) is 66.4 Å². The molecule has 2 rings (SSSR count). The van der Waals surface area contributed by atoms with Gasteiger partial charge in [-0.25, -0.2) is 0 Å². The number of benzene rings is 2. The average molecular weight is 430 g/mol. The number of thiocarbonyl (C=S) groups is 1. The number of hydrogen-bond acceptors (Lipinski definition) is 2. The van der Waals surface area contributed by atoms with Crippen molar-refractivity contribution in [1.82, 2.24) is 5.32 Å². The average Bonchev–Trinajstić information content (AvgIpc) is 2.54. The summed E-state index contributed by atoms with van der Waals surface area (Å²) in [7, 11) is 0. The molecule has 0 atom stereocenters. The van der Waals surface area contributed by atoms with E-state index < -0.39 is 0 Å². The van der Waals surface area contributed by atoms with Crippen LogP contribution in [-0.4, -0.2) is 17.4 Å². The number of thioether (sulfide) groups is 1. The van der Waals surface area contributed by atoms with Gasteiger partial charge in [0.1, 0.15) is 0 Å². The lowest BCUT2D eigenvalue weighted by molar-refractivity contribution is 0.854. The van der Waals surface area contributed by atoms with Gasteiger partial charge in [0.05, 0.1) is 0 Å². The van der Waals surface area contributed by atoms with Gasteiger partial charge in [0.15, 0.2) is 5.11 Å². The van der Waals surface area contributed by atoms with Crippen molar-refractivity contribution in [1.29, 1.82) is 0 Å². The molecule has 0 aliphatic carbocycles. The summed E-state index contributed by atoms with van der Waals surface area (Å²) in [6.45, 7) is 0.871. The SMILES string of the molecule is S=C(NCCCSCc1ccc(Cl)cc1)Nc1ccc(Br)cc1. The molecule has 2 aromatic rings. The molecule has 0 bridgehead atoms. The minimum Gasteiger partial charge on any atom is -0.362 e. The summed E-state index contributed by atoms with van der Waals surface area (Å²) in [5.74, 6) is 2.11. The van der Waals surface area contributed by atoms with Crippen LogP contribution in [0.3, 0.4) is 0 Å². The molecule has 2 N–H and O–H groups in total. The van der Waals surface area contributed by atoms with E-state index in [0.717, 1.165) is 39.7 Å². The zero-order valence-corrected chi connectivity index (χ0v) is 16.5. The quantitative estimate of drug-likeness (QED) is 0.434. The van der Waals surface area contributed by atoms with E-state index in [9.17, 15) is 0 Å². The summed E-state index contributed by atoms with van der Waals surface area (Å²) >= 11 is 16.5. The molecule has 0 amide bonds. The summed E-state index contributed by atoms with van der Waals surface area (Å²) in [6, 6.07) is 16.0. The normalized spacial score (nSPS) is 10.3. The topological polar surface area (TPSA) is 24.1 Å². The second-order valence-electron chi connectivity index (χ2n) is 4.92. The van der Waals surface area contributed by atoms with Gasteiger partial charge in [-0.1, -0.05) is 39.7 Å². The Bertz CT molecular complexity index is 617. The summed E-state index contributed by atoms with van der Waals surface area (Å²) in [4.78, 5) is 0. The second kappa shape index (κ2) is 10.2. The third-order valence-electron chi connectivity index (χ3n) is 3.04. The van der Waals surface area contributed by atoms with Crippen molar-refractivity contribution in [2.45, 2.75) is 12.2 Å². The van der Waals surface area contributed by atoms with Gasteiger partial charge in [-0.15, -0.1) is 0 Å². The first-order valence-electron chi connectivity index (χ1n) is 7.26. The maximum atomic E-state index is 5.87. The Kier molecular flexibility index (Phi) is 8.23. The molecule has 0 fully saturated rings. The molecular weight excluding hydrogens is 412 g/mol. The Morgan fingerprint density at radius 1 is 1.09 bits per heavy atom. The van der Waals surface area contributed by atoms with Crippen molar-refractivity contribution in [2.24, 2.45) is 0 Å². The highest BCUT2D eigenvalue weighted by molar-refractivity contribution is 9.10. The van der Waals surface area contributed by atoms with Crippen molar-refractivity contribution < 1.29 is 0 Å². The molecule has 2 aromatic carbocycles. The Balaban J connectivity index is 1.55.